The van der Waals surface area contributed by atoms with Gasteiger partial charge >= 0.3 is 7.60 Å². The van der Waals surface area contributed by atoms with Gasteiger partial charge in [0.25, 0.3) is 0 Å². The number of halogens is 1. The normalized spacial score (nSPS) is 11.3. The molecule has 8 heteroatoms. The van der Waals surface area contributed by atoms with Crippen molar-refractivity contribution in [2.45, 2.75) is 0 Å². The van der Waals surface area contributed by atoms with E-state index in [0.29, 0.717) is 4.47 Å². The fraction of sp³-hybridized carbons (Fsp3) is 0.400. The van der Waals surface area contributed by atoms with Crippen LogP contribution in [0, 0.1) is 0 Å². The molecule has 0 bridgehead atoms. The van der Waals surface area contributed by atoms with Crippen molar-refractivity contribution in [3.63, 3.8) is 0 Å². The maximum Gasteiger partial charge on any atom is 0.337 e. The van der Waals surface area contributed by atoms with Crippen LogP contribution in [0.4, 0.5) is 0 Å². The summed E-state index contributed by atoms with van der Waals surface area (Å²) in [6.45, 7) is 0. The van der Waals surface area contributed by atoms with Crippen LogP contribution in [0.15, 0.2) is 16.7 Å². The van der Waals surface area contributed by atoms with Crippen LogP contribution in [0.3, 0.4) is 0 Å². The molecule has 100 valence electrons. The number of pyridine rings is 1. The van der Waals surface area contributed by atoms with Crippen molar-refractivity contribution < 1.29 is 23.1 Å². The lowest BCUT2D eigenvalue weighted by atomic mass is 10.2. The molecule has 0 amide bonds. The van der Waals surface area contributed by atoms with Crippen molar-refractivity contribution in [2.75, 3.05) is 27.5 Å². The SMILES string of the molecule is COc1ncc(Br)cc1C(=O)CP(=O)(OC)OC. The Kier molecular flexibility index (Phi) is 5.47. The van der Waals surface area contributed by atoms with Crippen molar-refractivity contribution in [2.24, 2.45) is 0 Å². The molecule has 0 spiro atoms. The van der Waals surface area contributed by atoms with Gasteiger partial charge in [0.2, 0.25) is 5.88 Å². The van der Waals surface area contributed by atoms with Crippen molar-refractivity contribution >= 4 is 29.3 Å². The molecule has 0 N–H and O–H groups in total. The van der Waals surface area contributed by atoms with Crippen LogP contribution in [0.25, 0.3) is 0 Å². The molecule has 0 aliphatic carbocycles. The first-order valence-corrected chi connectivity index (χ1v) is 7.41. The van der Waals surface area contributed by atoms with Crippen molar-refractivity contribution in [1.82, 2.24) is 4.98 Å². The Morgan fingerprint density at radius 3 is 2.50 bits per heavy atom. The number of ketones is 1. The molecule has 0 aliphatic rings. The Hall–Kier alpha value is -0.750. The summed E-state index contributed by atoms with van der Waals surface area (Å²) in [6, 6.07) is 1.55. The van der Waals surface area contributed by atoms with Crippen LogP contribution in [-0.2, 0) is 13.6 Å². The smallest absolute Gasteiger partial charge is 0.337 e. The highest BCUT2D eigenvalue weighted by Crippen LogP contribution is 2.46. The predicted octanol–water partition coefficient (Wildman–Crippen LogP) is 2.52. The largest absolute Gasteiger partial charge is 0.480 e. The molecule has 18 heavy (non-hydrogen) atoms. The highest BCUT2D eigenvalue weighted by molar-refractivity contribution is 9.10. The summed E-state index contributed by atoms with van der Waals surface area (Å²) in [4.78, 5) is 16.0. The van der Waals surface area contributed by atoms with Gasteiger partial charge in [-0.3, -0.25) is 9.36 Å². The fourth-order valence-electron chi connectivity index (χ4n) is 1.25. The van der Waals surface area contributed by atoms with Gasteiger partial charge in [-0.1, -0.05) is 0 Å². The summed E-state index contributed by atoms with van der Waals surface area (Å²) < 4.78 is 26.9. The Morgan fingerprint density at radius 2 is 2.00 bits per heavy atom. The molecule has 0 atom stereocenters. The van der Waals surface area contributed by atoms with Gasteiger partial charge in [0.15, 0.2) is 5.78 Å². The van der Waals surface area contributed by atoms with Crippen molar-refractivity contribution in [3.8, 4) is 5.88 Å². The number of ether oxygens (including phenoxy) is 1. The van der Waals surface area contributed by atoms with E-state index in [1.807, 2.05) is 0 Å². The van der Waals surface area contributed by atoms with Crippen molar-refractivity contribution in [1.29, 1.82) is 0 Å². The minimum atomic E-state index is -3.40. The second-order valence-electron chi connectivity index (χ2n) is 3.27. The first-order chi connectivity index (χ1) is 8.45. The number of hydrogen-bond donors (Lipinski definition) is 0. The molecule has 0 aliphatic heterocycles. The van der Waals surface area contributed by atoms with Gasteiger partial charge in [-0.2, -0.15) is 0 Å². The van der Waals surface area contributed by atoms with E-state index in [4.69, 9.17) is 13.8 Å². The maximum atomic E-state index is 12.0. The Balaban J connectivity index is 3.04. The van der Waals surface area contributed by atoms with E-state index in [0.717, 1.165) is 0 Å². The van der Waals surface area contributed by atoms with E-state index < -0.39 is 13.4 Å². The van der Waals surface area contributed by atoms with E-state index in [-0.39, 0.29) is 17.6 Å². The third kappa shape index (κ3) is 3.62. The monoisotopic (exact) mass is 337 g/mol. The van der Waals surface area contributed by atoms with E-state index >= 15 is 0 Å². The zero-order chi connectivity index (χ0) is 13.8. The summed E-state index contributed by atoms with van der Waals surface area (Å²) in [5.74, 6) is -0.255. The number of aromatic nitrogens is 1. The third-order valence-corrected chi connectivity index (χ3v) is 4.43. The highest BCUT2D eigenvalue weighted by atomic mass is 79.9. The quantitative estimate of drug-likeness (QED) is 0.586. The van der Waals surface area contributed by atoms with Crippen LogP contribution in [0.1, 0.15) is 10.4 Å². The molecule has 0 aromatic carbocycles. The van der Waals surface area contributed by atoms with Gasteiger partial charge in [0, 0.05) is 24.9 Å². The van der Waals surface area contributed by atoms with Gasteiger partial charge in [0.1, 0.15) is 6.16 Å². The summed E-state index contributed by atoms with van der Waals surface area (Å²) in [5, 5.41) is 0. The van der Waals surface area contributed by atoms with Crippen LogP contribution in [-0.4, -0.2) is 38.3 Å². The lowest BCUT2D eigenvalue weighted by molar-refractivity contribution is 0.100. The molecule has 0 radical (unpaired) electrons. The standard InChI is InChI=1S/C10H13BrNO5P/c1-15-10-8(4-7(11)5-12-10)9(13)6-18(14,16-2)17-3/h4-5H,6H2,1-3H3. The molecular formula is C10H13BrNO5P. The van der Waals surface area contributed by atoms with Crippen molar-refractivity contribution in [3.05, 3.63) is 22.3 Å². The third-order valence-electron chi connectivity index (χ3n) is 2.21. The molecule has 0 fully saturated rings. The Labute approximate surface area is 113 Å². The van der Waals surface area contributed by atoms with Crippen LogP contribution >= 0.6 is 23.5 Å². The maximum absolute atomic E-state index is 12.0. The molecule has 1 rings (SSSR count). The molecule has 0 unspecified atom stereocenters. The molecule has 1 aromatic rings. The van der Waals surface area contributed by atoms with E-state index in [9.17, 15) is 9.36 Å². The van der Waals surface area contributed by atoms with Gasteiger partial charge in [-0.25, -0.2) is 4.98 Å². The van der Waals surface area contributed by atoms with E-state index in [1.54, 1.807) is 6.07 Å². The topological polar surface area (TPSA) is 74.7 Å². The zero-order valence-corrected chi connectivity index (χ0v) is 12.7. The van der Waals surface area contributed by atoms with Crippen LogP contribution in [0.2, 0.25) is 0 Å². The average molecular weight is 338 g/mol. The second kappa shape index (κ2) is 6.43. The lowest BCUT2D eigenvalue weighted by Gasteiger charge is -2.13. The number of rotatable bonds is 6. The number of hydrogen-bond acceptors (Lipinski definition) is 6. The minimum absolute atomic E-state index is 0.168. The van der Waals surface area contributed by atoms with Crippen LogP contribution in [0.5, 0.6) is 5.88 Å². The zero-order valence-electron chi connectivity index (χ0n) is 10.2. The second-order valence-corrected chi connectivity index (χ2v) is 6.45. The Morgan fingerprint density at radius 1 is 1.39 bits per heavy atom. The summed E-state index contributed by atoms with van der Waals surface area (Å²) in [5.41, 5.74) is 0.223. The van der Waals surface area contributed by atoms with Gasteiger partial charge in [-0.15, -0.1) is 0 Å². The van der Waals surface area contributed by atoms with Gasteiger partial charge in [-0.05, 0) is 22.0 Å². The number of nitrogens with zero attached hydrogens (tertiary/aromatic N) is 1. The molecular weight excluding hydrogens is 325 g/mol. The van der Waals surface area contributed by atoms with E-state index in [2.05, 4.69) is 20.9 Å². The van der Waals surface area contributed by atoms with Gasteiger partial charge in [0.05, 0.1) is 12.7 Å². The van der Waals surface area contributed by atoms with Crippen LogP contribution < -0.4 is 4.74 Å². The summed E-state index contributed by atoms with van der Waals surface area (Å²) in [7, 11) is 0.466. The molecule has 1 aromatic heterocycles. The summed E-state index contributed by atoms with van der Waals surface area (Å²) >= 11 is 3.21. The Bertz CT molecular complexity index is 485. The summed E-state index contributed by atoms with van der Waals surface area (Å²) in [6.07, 6.45) is 1.14. The average Bonchev–Trinajstić information content (AvgIpc) is 2.38. The molecule has 6 nitrogen and oxygen atoms in total. The fourth-order valence-corrected chi connectivity index (χ4v) is 2.51. The van der Waals surface area contributed by atoms with Gasteiger partial charge < -0.3 is 13.8 Å². The predicted molar refractivity (Wildman–Crippen MR) is 69.3 cm³/mol. The number of methoxy groups -OCH3 is 1. The number of carbonyl (C=O) groups is 1. The first kappa shape index (κ1) is 15.3. The first-order valence-electron chi connectivity index (χ1n) is 4.89. The highest BCUT2D eigenvalue weighted by Gasteiger charge is 2.28. The minimum Gasteiger partial charge on any atom is -0.480 e. The number of carbonyl (C=O) groups excluding carboxylic acids is 1. The molecule has 0 saturated carbocycles. The lowest BCUT2D eigenvalue weighted by Crippen LogP contribution is -2.10. The molecule has 0 saturated heterocycles. The van der Waals surface area contributed by atoms with E-state index in [1.165, 1.54) is 27.5 Å². The number of Topliss-reactive ketones (excluding diaryl/α,β-unsaturated/α-hetero) is 1. The molecule has 1 heterocycles.